The second kappa shape index (κ2) is 3.26. The van der Waals surface area contributed by atoms with Gasteiger partial charge in [0.15, 0.2) is 5.82 Å². The summed E-state index contributed by atoms with van der Waals surface area (Å²) in [5.74, 6) is 0.849. The number of hydrogen-bond acceptors (Lipinski definition) is 4. The molecule has 1 aromatic rings. The number of hydrogen-bond donors (Lipinski definition) is 0. The van der Waals surface area contributed by atoms with E-state index in [4.69, 9.17) is 4.74 Å². The Morgan fingerprint density at radius 2 is 2.40 bits per heavy atom. The average Bonchev–Trinajstić information content (AvgIpc) is 2.31. The van der Waals surface area contributed by atoms with E-state index < -0.39 is 0 Å². The molecule has 0 N–H and O–H groups in total. The number of methoxy groups -OCH3 is 1. The van der Waals surface area contributed by atoms with Gasteiger partial charge in [-0.15, -0.1) is 5.10 Å². The molecule has 0 atom stereocenters. The lowest BCUT2D eigenvalue weighted by Crippen LogP contribution is -2.03. The van der Waals surface area contributed by atoms with E-state index in [2.05, 4.69) is 15.5 Å². The highest BCUT2D eigenvalue weighted by atomic mass is 16.5. The number of nitrogens with zero attached hydrogens (tertiary/aromatic N) is 4. The summed E-state index contributed by atoms with van der Waals surface area (Å²) in [5.41, 5.74) is 0. The number of tetrazole rings is 1. The third-order valence-electron chi connectivity index (χ3n) is 1.24. The molecule has 10 heavy (non-hydrogen) atoms. The van der Waals surface area contributed by atoms with Crippen molar-refractivity contribution < 1.29 is 4.74 Å². The minimum Gasteiger partial charge on any atom is -0.384 e. The molecule has 0 aliphatic heterocycles. The maximum absolute atomic E-state index is 4.86. The molecule has 5 nitrogen and oxygen atoms in total. The summed E-state index contributed by atoms with van der Waals surface area (Å²) < 4.78 is 6.50. The lowest BCUT2D eigenvalue weighted by Gasteiger charge is -1.95. The van der Waals surface area contributed by atoms with Gasteiger partial charge in [0.05, 0.1) is 6.61 Å². The monoisotopic (exact) mass is 142 g/mol. The highest BCUT2D eigenvalue weighted by molar-refractivity contribution is 4.78. The molecule has 0 aliphatic rings. The van der Waals surface area contributed by atoms with Gasteiger partial charge in [-0.25, -0.2) is 4.68 Å². The van der Waals surface area contributed by atoms with Crippen molar-refractivity contribution in [1.29, 1.82) is 0 Å². The van der Waals surface area contributed by atoms with Gasteiger partial charge >= 0.3 is 0 Å². The summed E-state index contributed by atoms with van der Waals surface area (Å²) in [7, 11) is 3.47. The van der Waals surface area contributed by atoms with E-state index in [1.165, 1.54) is 0 Å². The van der Waals surface area contributed by atoms with Crippen LogP contribution in [0.1, 0.15) is 5.82 Å². The van der Waals surface area contributed by atoms with Crippen LogP contribution in [0.4, 0.5) is 0 Å². The number of aromatic nitrogens is 4. The van der Waals surface area contributed by atoms with Crippen LogP contribution in [0.5, 0.6) is 0 Å². The van der Waals surface area contributed by atoms with Crippen LogP contribution in [-0.4, -0.2) is 33.9 Å². The van der Waals surface area contributed by atoms with Gasteiger partial charge in [0.1, 0.15) is 0 Å². The van der Waals surface area contributed by atoms with Crippen molar-refractivity contribution in [2.45, 2.75) is 6.42 Å². The molecule has 5 heteroatoms. The fraction of sp³-hybridized carbons (Fsp3) is 0.800. The first kappa shape index (κ1) is 7.14. The standard InChI is InChI=1S/C5H10N4O/c1-9-5(3-4-10-2)6-7-8-9/h3-4H2,1-2H3. The fourth-order valence-corrected chi connectivity index (χ4v) is 0.653. The Balaban J connectivity index is 2.49. The summed E-state index contributed by atoms with van der Waals surface area (Å²) in [4.78, 5) is 0. The molecule has 0 saturated heterocycles. The minimum atomic E-state index is 0.661. The lowest BCUT2D eigenvalue weighted by atomic mass is 10.4. The molecule has 0 saturated carbocycles. The zero-order chi connectivity index (χ0) is 7.40. The Hall–Kier alpha value is -0.970. The summed E-state index contributed by atoms with van der Waals surface area (Å²) in [6.07, 6.45) is 0.764. The third kappa shape index (κ3) is 1.51. The van der Waals surface area contributed by atoms with Crippen LogP contribution in [0.25, 0.3) is 0 Å². The highest BCUT2D eigenvalue weighted by Crippen LogP contribution is 1.89. The molecule has 0 radical (unpaired) electrons. The smallest absolute Gasteiger partial charge is 0.153 e. The van der Waals surface area contributed by atoms with E-state index >= 15 is 0 Å². The van der Waals surface area contributed by atoms with E-state index in [0.29, 0.717) is 6.61 Å². The van der Waals surface area contributed by atoms with Crippen molar-refractivity contribution in [3.63, 3.8) is 0 Å². The van der Waals surface area contributed by atoms with Crippen molar-refractivity contribution in [1.82, 2.24) is 20.2 Å². The predicted octanol–water partition coefficient (Wildman–Crippen LogP) is -0.601. The zero-order valence-electron chi connectivity index (χ0n) is 6.11. The van der Waals surface area contributed by atoms with Crippen LogP contribution in [0.15, 0.2) is 0 Å². The van der Waals surface area contributed by atoms with Crippen LogP contribution >= 0.6 is 0 Å². The van der Waals surface area contributed by atoms with Gasteiger partial charge < -0.3 is 4.74 Å². The highest BCUT2D eigenvalue weighted by Gasteiger charge is 1.99. The molecule has 0 aromatic carbocycles. The molecule has 1 rings (SSSR count). The van der Waals surface area contributed by atoms with Crippen molar-refractivity contribution in [3.8, 4) is 0 Å². The van der Waals surface area contributed by atoms with Crippen LogP contribution in [0, 0.1) is 0 Å². The van der Waals surface area contributed by atoms with Crippen LogP contribution in [0.2, 0.25) is 0 Å². The quantitative estimate of drug-likeness (QED) is 0.565. The Kier molecular flexibility index (Phi) is 2.33. The third-order valence-corrected chi connectivity index (χ3v) is 1.24. The summed E-state index contributed by atoms with van der Waals surface area (Å²) in [6, 6.07) is 0. The molecule has 0 amide bonds. The van der Waals surface area contributed by atoms with Gasteiger partial charge in [-0.05, 0) is 10.4 Å². The van der Waals surface area contributed by atoms with Crippen molar-refractivity contribution in [3.05, 3.63) is 5.82 Å². The lowest BCUT2D eigenvalue weighted by molar-refractivity contribution is 0.199. The maximum atomic E-state index is 4.86. The molecule has 0 fully saturated rings. The Labute approximate surface area is 59.0 Å². The van der Waals surface area contributed by atoms with Gasteiger partial charge in [0.2, 0.25) is 0 Å². The molecule has 0 aliphatic carbocycles. The van der Waals surface area contributed by atoms with E-state index in [9.17, 15) is 0 Å². The molecule has 1 aromatic heterocycles. The van der Waals surface area contributed by atoms with E-state index in [1.807, 2.05) is 7.05 Å². The molecule has 56 valence electrons. The molecular weight excluding hydrogens is 132 g/mol. The molecule has 0 bridgehead atoms. The van der Waals surface area contributed by atoms with E-state index in [0.717, 1.165) is 12.2 Å². The number of ether oxygens (including phenoxy) is 1. The Bertz CT molecular complexity index is 197. The first-order valence-electron chi connectivity index (χ1n) is 3.04. The van der Waals surface area contributed by atoms with Gasteiger partial charge in [-0.2, -0.15) is 0 Å². The summed E-state index contributed by atoms with van der Waals surface area (Å²) in [5, 5.41) is 10.9. The van der Waals surface area contributed by atoms with Gasteiger partial charge in [-0.3, -0.25) is 0 Å². The summed E-state index contributed by atoms with van der Waals surface area (Å²) in [6.45, 7) is 0.661. The predicted molar refractivity (Wildman–Crippen MR) is 34.4 cm³/mol. The van der Waals surface area contributed by atoms with Crippen LogP contribution < -0.4 is 0 Å². The second-order valence-corrected chi connectivity index (χ2v) is 1.96. The Morgan fingerprint density at radius 1 is 1.60 bits per heavy atom. The normalized spacial score (nSPS) is 10.2. The fourth-order valence-electron chi connectivity index (χ4n) is 0.653. The SMILES string of the molecule is COCCc1nnnn1C. The van der Waals surface area contributed by atoms with Crippen molar-refractivity contribution in [2.24, 2.45) is 7.05 Å². The van der Waals surface area contributed by atoms with Crippen molar-refractivity contribution in [2.75, 3.05) is 13.7 Å². The summed E-state index contributed by atoms with van der Waals surface area (Å²) >= 11 is 0. The topological polar surface area (TPSA) is 52.8 Å². The van der Waals surface area contributed by atoms with E-state index in [1.54, 1.807) is 11.8 Å². The number of rotatable bonds is 3. The molecular formula is C5H10N4O. The first-order chi connectivity index (χ1) is 4.84. The number of aryl methyl sites for hydroxylation is 1. The van der Waals surface area contributed by atoms with Crippen LogP contribution in [0.3, 0.4) is 0 Å². The first-order valence-corrected chi connectivity index (χ1v) is 3.04. The molecule has 0 spiro atoms. The average molecular weight is 142 g/mol. The minimum absolute atomic E-state index is 0.661. The molecule has 0 unspecified atom stereocenters. The molecule has 1 heterocycles. The van der Waals surface area contributed by atoms with Gasteiger partial charge in [0, 0.05) is 20.6 Å². The largest absolute Gasteiger partial charge is 0.384 e. The van der Waals surface area contributed by atoms with E-state index in [-0.39, 0.29) is 0 Å². The second-order valence-electron chi connectivity index (χ2n) is 1.96. The zero-order valence-corrected chi connectivity index (χ0v) is 6.11. The maximum Gasteiger partial charge on any atom is 0.153 e. The van der Waals surface area contributed by atoms with Gasteiger partial charge in [-0.1, -0.05) is 0 Å². The van der Waals surface area contributed by atoms with Gasteiger partial charge in [0.25, 0.3) is 0 Å². The van der Waals surface area contributed by atoms with Crippen LogP contribution in [-0.2, 0) is 18.2 Å². The Morgan fingerprint density at radius 3 is 2.90 bits per heavy atom. The van der Waals surface area contributed by atoms with Crippen molar-refractivity contribution >= 4 is 0 Å².